The lowest BCUT2D eigenvalue weighted by molar-refractivity contribution is -0.178. The van der Waals surface area contributed by atoms with E-state index in [9.17, 15) is 9.59 Å². The monoisotopic (exact) mass is 286 g/mol. The first-order valence-electron chi connectivity index (χ1n) is 7.01. The summed E-state index contributed by atoms with van der Waals surface area (Å²) in [5, 5.41) is 0. The summed E-state index contributed by atoms with van der Waals surface area (Å²) >= 11 is 0. The Hall–Kier alpha value is -1.14. The SMILES string of the molecule is CCOC(=O)C[C@H]1C[C@H](OC(C)=O)[C@@H]2OC(C)(C)O[C@H]12. The summed E-state index contributed by atoms with van der Waals surface area (Å²) in [6.07, 6.45) is -0.0958. The van der Waals surface area contributed by atoms with Crippen LogP contribution in [0.3, 0.4) is 0 Å². The van der Waals surface area contributed by atoms with Gasteiger partial charge >= 0.3 is 11.9 Å². The average molecular weight is 286 g/mol. The molecule has 0 aromatic rings. The molecule has 0 aromatic carbocycles. The fraction of sp³-hybridized carbons (Fsp3) is 0.857. The molecule has 1 aliphatic carbocycles. The topological polar surface area (TPSA) is 71.1 Å². The van der Waals surface area contributed by atoms with Crippen LogP contribution in [0.4, 0.5) is 0 Å². The molecule has 2 aliphatic rings. The molecular weight excluding hydrogens is 264 g/mol. The zero-order valence-corrected chi connectivity index (χ0v) is 12.4. The molecule has 1 saturated carbocycles. The maximum Gasteiger partial charge on any atom is 0.306 e. The zero-order valence-electron chi connectivity index (χ0n) is 12.4. The number of hydrogen-bond acceptors (Lipinski definition) is 6. The van der Waals surface area contributed by atoms with Crippen LogP contribution in [0, 0.1) is 5.92 Å². The largest absolute Gasteiger partial charge is 0.466 e. The molecule has 1 heterocycles. The Morgan fingerprint density at radius 2 is 1.90 bits per heavy atom. The van der Waals surface area contributed by atoms with Crippen molar-refractivity contribution in [2.24, 2.45) is 5.92 Å². The summed E-state index contributed by atoms with van der Waals surface area (Å²) < 4.78 is 21.9. The summed E-state index contributed by atoms with van der Waals surface area (Å²) in [6, 6.07) is 0. The van der Waals surface area contributed by atoms with Crippen LogP contribution in [0.1, 0.15) is 40.5 Å². The Balaban J connectivity index is 2.06. The fourth-order valence-electron chi connectivity index (χ4n) is 3.00. The summed E-state index contributed by atoms with van der Waals surface area (Å²) in [7, 11) is 0. The van der Waals surface area contributed by atoms with Crippen molar-refractivity contribution in [2.75, 3.05) is 6.61 Å². The van der Waals surface area contributed by atoms with Gasteiger partial charge in [0.05, 0.1) is 19.1 Å². The van der Waals surface area contributed by atoms with Crippen LogP contribution in [-0.4, -0.2) is 42.6 Å². The van der Waals surface area contributed by atoms with Crippen LogP contribution < -0.4 is 0 Å². The third-order valence-corrected chi connectivity index (χ3v) is 3.58. The lowest BCUT2D eigenvalue weighted by atomic mass is 10.0. The Morgan fingerprint density at radius 1 is 1.25 bits per heavy atom. The molecule has 0 N–H and O–H groups in total. The first-order valence-corrected chi connectivity index (χ1v) is 7.01. The van der Waals surface area contributed by atoms with Gasteiger partial charge in [-0.25, -0.2) is 0 Å². The van der Waals surface area contributed by atoms with E-state index >= 15 is 0 Å². The molecule has 0 amide bonds. The molecule has 20 heavy (non-hydrogen) atoms. The van der Waals surface area contributed by atoms with Gasteiger partial charge < -0.3 is 18.9 Å². The van der Waals surface area contributed by atoms with Gasteiger partial charge in [0.25, 0.3) is 0 Å². The van der Waals surface area contributed by atoms with Gasteiger partial charge in [0.1, 0.15) is 12.2 Å². The maximum atomic E-state index is 11.7. The van der Waals surface area contributed by atoms with Crippen LogP contribution in [0.15, 0.2) is 0 Å². The number of hydrogen-bond donors (Lipinski definition) is 0. The lowest BCUT2D eigenvalue weighted by Gasteiger charge is -2.23. The first kappa shape index (κ1) is 15.3. The minimum Gasteiger partial charge on any atom is -0.466 e. The smallest absolute Gasteiger partial charge is 0.306 e. The van der Waals surface area contributed by atoms with E-state index in [2.05, 4.69) is 0 Å². The summed E-state index contributed by atoms with van der Waals surface area (Å²) in [6.45, 7) is 7.13. The maximum absolute atomic E-state index is 11.7. The van der Waals surface area contributed by atoms with E-state index in [1.54, 1.807) is 6.92 Å². The van der Waals surface area contributed by atoms with Gasteiger partial charge in [-0.05, 0) is 27.2 Å². The van der Waals surface area contributed by atoms with E-state index in [4.69, 9.17) is 18.9 Å². The van der Waals surface area contributed by atoms with Gasteiger partial charge in [0.2, 0.25) is 0 Å². The highest BCUT2D eigenvalue weighted by atomic mass is 16.8. The molecule has 2 fully saturated rings. The number of ether oxygens (including phenoxy) is 4. The van der Waals surface area contributed by atoms with E-state index in [0.717, 1.165) is 0 Å². The highest BCUT2D eigenvalue weighted by Crippen LogP contribution is 2.44. The van der Waals surface area contributed by atoms with E-state index in [-0.39, 0.29) is 42.6 Å². The lowest BCUT2D eigenvalue weighted by Crippen LogP contribution is -2.32. The number of rotatable bonds is 4. The molecule has 2 rings (SSSR count). The highest BCUT2D eigenvalue weighted by Gasteiger charge is 2.55. The third kappa shape index (κ3) is 3.30. The van der Waals surface area contributed by atoms with Crippen molar-refractivity contribution < 1.29 is 28.5 Å². The minimum atomic E-state index is -0.721. The first-order chi connectivity index (χ1) is 9.32. The normalized spacial score (nSPS) is 34.6. The molecule has 0 spiro atoms. The second-order valence-electron chi connectivity index (χ2n) is 5.72. The molecule has 0 unspecified atom stereocenters. The van der Waals surface area contributed by atoms with Crippen molar-refractivity contribution in [3.63, 3.8) is 0 Å². The molecule has 114 valence electrons. The van der Waals surface area contributed by atoms with Gasteiger partial charge in [0, 0.05) is 12.8 Å². The van der Waals surface area contributed by atoms with Crippen LogP contribution in [0.2, 0.25) is 0 Å². The number of carbonyl (C=O) groups is 2. The number of esters is 2. The Kier molecular flexibility index (Phi) is 4.34. The van der Waals surface area contributed by atoms with Crippen molar-refractivity contribution in [1.29, 1.82) is 0 Å². The minimum absolute atomic E-state index is 0.0508. The predicted molar refractivity (Wildman–Crippen MR) is 68.7 cm³/mol. The van der Waals surface area contributed by atoms with Gasteiger partial charge in [-0.1, -0.05) is 0 Å². The predicted octanol–water partition coefficient (Wildman–Crippen LogP) is 1.41. The molecule has 1 saturated heterocycles. The van der Waals surface area contributed by atoms with Crippen LogP contribution in [0.5, 0.6) is 0 Å². The molecule has 6 nitrogen and oxygen atoms in total. The van der Waals surface area contributed by atoms with Crippen molar-refractivity contribution in [3.8, 4) is 0 Å². The number of carbonyl (C=O) groups excluding carboxylic acids is 2. The molecule has 1 aliphatic heterocycles. The van der Waals surface area contributed by atoms with E-state index in [0.29, 0.717) is 13.0 Å². The number of fused-ring (bicyclic) bond motifs is 1. The molecule has 0 bridgehead atoms. The van der Waals surface area contributed by atoms with E-state index in [1.807, 2.05) is 13.8 Å². The third-order valence-electron chi connectivity index (χ3n) is 3.58. The van der Waals surface area contributed by atoms with Crippen molar-refractivity contribution in [3.05, 3.63) is 0 Å². The summed E-state index contributed by atoms with van der Waals surface area (Å²) in [5.41, 5.74) is 0. The Bertz CT molecular complexity index is 391. The summed E-state index contributed by atoms with van der Waals surface area (Å²) in [5.74, 6) is -1.38. The van der Waals surface area contributed by atoms with E-state index < -0.39 is 5.79 Å². The zero-order chi connectivity index (χ0) is 14.9. The van der Waals surface area contributed by atoms with Crippen molar-refractivity contribution >= 4 is 11.9 Å². The van der Waals surface area contributed by atoms with E-state index in [1.165, 1.54) is 6.92 Å². The molecular formula is C14H22O6. The summed E-state index contributed by atoms with van der Waals surface area (Å²) in [4.78, 5) is 22.8. The standard InChI is InChI=1S/C14H22O6/c1-5-17-11(16)7-9-6-10(18-8(2)15)13-12(9)19-14(3,4)20-13/h9-10,12-13H,5-7H2,1-4H3/t9-,10+,12-,13+/m1/s1. The second-order valence-corrected chi connectivity index (χ2v) is 5.72. The average Bonchev–Trinajstić information content (AvgIpc) is 2.75. The molecule has 0 aromatic heterocycles. The van der Waals surface area contributed by atoms with Gasteiger partial charge in [0.15, 0.2) is 5.79 Å². The Morgan fingerprint density at radius 3 is 2.50 bits per heavy atom. The van der Waals surface area contributed by atoms with Gasteiger partial charge in [-0.2, -0.15) is 0 Å². The second kappa shape index (κ2) is 5.69. The molecule has 6 heteroatoms. The van der Waals surface area contributed by atoms with Crippen LogP contribution in [-0.2, 0) is 28.5 Å². The highest BCUT2D eigenvalue weighted by molar-refractivity contribution is 5.70. The molecule has 0 radical (unpaired) electrons. The van der Waals surface area contributed by atoms with Crippen LogP contribution in [0.25, 0.3) is 0 Å². The van der Waals surface area contributed by atoms with Crippen LogP contribution >= 0.6 is 0 Å². The van der Waals surface area contributed by atoms with Gasteiger partial charge in [-0.3, -0.25) is 9.59 Å². The van der Waals surface area contributed by atoms with Crippen molar-refractivity contribution in [2.45, 2.75) is 64.6 Å². The Labute approximate surface area is 118 Å². The van der Waals surface area contributed by atoms with Crippen molar-refractivity contribution in [1.82, 2.24) is 0 Å². The quantitative estimate of drug-likeness (QED) is 0.728. The van der Waals surface area contributed by atoms with Gasteiger partial charge in [-0.15, -0.1) is 0 Å². The molecule has 4 atom stereocenters. The fourth-order valence-corrected chi connectivity index (χ4v) is 3.00.